The molecule has 1 aromatic carbocycles. The third kappa shape index (κ3) is 2.92. The standard InChI is InChI=1S/C8H5Cl4NOS2/c9-5-1-2-6-7(3-5)16(14)4-13(6)15-8(10,11)12/h1-3H,4H2. The second kappa shape index (κ2) is 4.75. The summed E-state index contributed by atoms with van der Waals surface area (Å²) in [6.45, 7) is 0. The van der Waals surface area contributed by atoms with Crippen molar-refractivity contribution < 1.29 is 4.21 Å². The number of anilines is 1. The van der Waals surface area contributed by atoms with E-state index in [1.54, 1.807) is 22.5 Å². The van der Waals surface area contributed by atoms with Gasteiger partial charge < -0.3 is 0 Å². The molecular formula is C8H5Cl4NOS2. The maximum Gasteiger partial charge on any atom is 0.256 e. The van der Waals surface area contributed by atoms with Crippen molar-refractivity contribution in [2.45, 2.75) is 8.02 Å². The molecule has 0 aromatic heterocycles. The molecule has 0 aliphatic carbocycles. The van der Waals surface area contributed by atoms with Gasteiger partial charge in [0.15, 0.2) is 0 Å². The zero-order chi connectivity index (χ0) is 11.9. The molecule has 0 spiro atoms. The molecule has 1 unspecified atom stereocenters. The Morgan fingerprint density at radius 2 is 2.06 bits per heavy atom. The van der Waals surface area contributed by atoms with Crippen molar-refractivity contribution >= 4 is 74.8 Å². The Bertz CT molecular complexity index is 448. The van der Waals surface area contributed by atoms with Crippen molar-refractivity contribution in [3.8, 4) is 0 Å². The van der Waals surface area contributed by atoms with E-state index in [1.807, 2.05) is 0 Å². The van der Waals surface area contributed by atoms with Crippen molar-refractivity contribution in [3.63, 3.8) is 0 Å². The average molecular weight is 337 g/mol. The smallest absolute Gasteiger partial charge is 0.256 e. The van der Waals surface area contributed by atoms with Crippen LogP contribution in [-0.4, -0.2) is 13.2 Å². The van der Waals surface area contributed by atoms with Gasteiger partial charge in [-0.15, -0.1) is 0 Å². The Balaban J connectivity index is 2.33. The average Bonchev–Trinajstić information content (AvgIpc) is 2.40. The summed E-state index contributed by atoms with van der Waals surface area (Å²) in [6, 6.07) is 5.16. The quantitative estimate of drug-likeness (QED) is 0.566. The summed E-state index contributed by atoms with van der Waals surface area (Å²) in [7, 11) is -1.13. The Morgan fingerprint density at radius 3 is 2.69 bits per heavy atom. The molecule has 1 heterocycles. The lowest BCUT2D eigenvalue weighted by Gasteiger charge is -2.20. The first-order valence-corrected chi connectivity index (χ1v) is 7.68. The molecule has 1 aromatic rings. The molecule has 1 aliphatic heterocycles. The Labute approximate surface area is 120 Å². The highest BCUT2D eigenvalue weighted by Crippen LogP contribution is 2.47. The first-order chi connectivity index (χ1) is 7.37. The number of halogens is 4. The fourth-order valence-corrected chi connectivity index (χ4v) is 4.53. The minimum atomic E-state index is -1.47. The zero-order valence-corrected chi connectivity index (χ0v) is 12.3. The van der Waals surface area contributed by atoms with Crippen LogP contribution >= 0.6 is 58.4 Å². The van der Waals surface area contributed by atoms with Crippen LogP contribution in [0.2, 0.25) is 5.02 Å². The normalized spacial score (nSPS) is 20.0. The molecule has 1 aliphatic rings. The van der Waals surface area contributed by atoms with Gasteiger partial charge in [0.1, 0.15) is 5.88 Å². The molecule has 0 saturated carbocycles. The number of hydrogen-bond acceptors (Lipinski definition) is 3. The molecule has 0 bridgehead atoms. The van der Waals surface area contributed by atoms with Gasteiger partial charge >= 0.3 is 0 Å². The fraction of sp³-hybridized carbons (Fsp3) is 0.250. The molecule has 0 fully saturated rings. The minimum absolute atomic E-state index is 0.300. The summed E-state index contributed by atoms with van der Waals surface area (Å²) in [5.74, 6) is 0.300. The van der Waals surface area contributed by atoms with Crippen LogP contribution in [0.4, 0.5) is 5.69 Å². The van der Waals surface area contributed by atoms with Gasteiger partial charge in [0.2, 0.25) is 0 Å². The van der Waals surface area contributed by atoms with Gasteiger partial charge in [-0.2, -0.15) is 0 Å². The number of nitrogens with zero attached hydrogens (tertiary/aromatic N) is 1. The van der Waals surface area contributed by atoms with Crippen LogP contribution in [0, 0.1) is 0 Å². The molecule has 1 atom stereocenters. The van der Waals surface area contributed by atoms with Gasteiger partial charge in [-0.25, -0.2) is 0 Å². The van der Waals surface area contributed by atoms with Crippen molar-refractivity contribution in [1.29, 1.82) is 0 Å². The molecule has 8 heteroatoms. The van der Waals surface area contributed by atoms with Crippen molar-refractivity contribution in [1.82, 2.24) is 0 Å². The second-order valence-corrected chi connectivity index (χ2v) is 9.02. The number of benzene rings is 1. The highest BCUT2D eigenvalue weighted by molar-refractivity contribution is 8.06. The third-order valence-electron chi connectivity index (χ3n) is 1.88. The highest BCUT2D eigenvalue weighted by atomic mass is 35.6. The summed E-state index contributed by atoms with van der Waals surface area (Å²) < 4.78 is 12.0. The highest BCUT2D eigenvalue weighted by Gasteiger charge is 2.33. The van der Waals surface area contributed by atoms with Crippen LogP contribution < -0.4 is 4.31 Å². The molecule has 2 nitrogen and oxygen atoms in total. The minimum Gasteiger partial charge on any atom is -0.299 e. The maximum absolute atomic E-state index is 11.8. The summed E-state index contributed by atoms with van der Waals surface area (Å²) in [6.07, 6.45) is 0. The number of hydrogen-bond donors (Lipinski definition) is 0. The van der Waals surface area contributed by atoms with Crippen LogP contribution in [0.15, 0.2) is 23.1 Å². The topological polar surface area (TPSA) is 20.3 Å². The van der Waals surface area contributed by atoms with Gasteiger partial charge in [0.05, 0.1) is 21.4 Å². The summed E-state index contributed by atoms with van der Waals surface area (Å²) in [4.78, 5) is 0.675. The predicted molar refractivity (Wildman–Crippen MR) is 73.1 cm³/mol. The second-order valence-electron chi connectivity index (χ2n) is 3.00. The van der Waals surface area contributed by atoms with Crippen molar-refractivity contribution in [2.24, 2.45) is 0 Å². The van der Waals surface area contributed by atoms with E-state index in [0.29, 0.717) is 15.8 Å². The lowest BCUT2D eigenvalue weighted by Crippen LogP contribution is -2.16. The van der Waals surface area contributed by atoms with E-state index in [-0.39, 0.29) is 0 Å². The summed E-state index contributed by atoms with van der Waals surface area (Å²) in [5.41, 5.74) is 0.777. The van der Waals surface area contributed by atoms with Crippen molar-refractivity contribution in [2.75, 3.05) is 10.2 Å². The largest absolute Gasteiger partial charge is 0.299 e. The number of fused-ring (bicyclic) bond motifs is 1. The SMILES string of the molecule is O=S1CN(SC(Cl)(Cl)Cl)c2ccc(Cl)cc21. The maximum atomic E-state index is 11.8. The number of alkyl halides is 3. The van der Waals surface area contributed by atoms with E-state index in [4.69, 9.17) is 46.4 Å². The molecule has 0 saturated heterocycles. The van der Waals surface area contributed by atoms with E-state index in [1.165, 1.54) is 0 Å². The van der Waals surface area contributed by atoms with E-state index in [0.717, 1.165) is 17.6 Å². The van der Waals surface area contributed by atoms with E-state index < -0.39 is 13.9 Å². The lowest BCUT2D eigenvalue weighted by atomic mass is 10.3. The molecular weight excluding hydrogens is 332 g/mol. The number of rotatable bonds is 1. The molecule has 0 N–H and O–H groups in total. The molecule has 16 heavy (non-hydrogen) atoms. The third-order valence-corrected chi connectivity index (χ3v) is 4.97. The molecule has 0 amide bonds. The van der Waals surface area contributed by atoms with Gasteiger partial charge in [-0.3, -0.25) is 8.51 Å². The van der Waals surface area contributed by atoms with E-state index >= 15 is 0 Å². The fourth-order valence-electron chi connectivity index (χ4n) is 1.32. The van der Waals surface area contributed by atoms with Crippen molar-refractivity contribution in [3.05, 3.63) is 23.2 Å². The monoisotopic (exact) mass is 335 g/mol. The summed E-state index contributed by atoms with van der Waals surface area (Å²) >= 11 is 23.9. The van der Waals surface area contributed by atoms with E-state index in [9.17, 15) is 4.21 Å². The van der Waals surface area contributed by atoms with Crippen LogP contribution in [0.3, 0.4) is 0 Å². The first-order valence-electron chi connectivity index (χ1n) is 4.08. The molecule has 0 radical (unpaired) electrons. The van der Waals surface area contributed by atoms with Gasteiger partial charge in [0, 0.05) is 17.0 Å². The van der Waals surface area contributed by atoms with Crippen LogP contribution in [0.1, 0.15) is 0 Å². The Morgan fingerprint density at radius 1 is 1.38 bits per heavy atom. The van der Waals surface area contributed by atoms with Crippen LogP contribution in [-0.2, 0) is 10.8 Å². The molecule has 2 rings (SSSR count). The predicted octanol–water partition coefficient (Wildman–Crippen LogP) is 4.20. The van der Waals surface area contributed by atoms with Crippen LogP contribution in [0.25, 0.3) is 0 Å². The first kappa shape index (κ1) is 13.1. The van der Waals surface area contributed by atoms with Gasteiger partial charge in [-0.05, 0) is 18.2 Å². The lowest BCUT2D eigenvalue weighted by molar-refractivity contribution is 0.686. The Hall–Kier alpha value is 0.680. The van der Waals surface area contributed by atoms with Gasteiger partial charge in [0.25, 0.3) is 3.12 Å². The molecule has 88 valence electrons. The zero-order valence-electron chi connectivity index (χ0n) is 7.62. The Kier molecular flexibility index (Phi) is 3.89. The van der Waals surface area contributed by atoms with E-state index in [2.05, 4.69) is 0 Å². The summed E-state index contributed by atoms with van der Waals surface area (Å²) in [5, 5.41) is 0.549. The van der Waals surface area contributed by atoms with Gasteiger partial charge in [-0.1, -0.05) is 46.4 Å². The van der Waals surface area contributed by atoms with Crippen LogP contribution in [0.5, 0.6) is 0 Å².